The SMILES string of the molecule is O=C(Nc1ccc(OC(F)(F)Cl)cc1)c1cc(Br)c(N2CC[C@@H](O)C2)nc1NC(=O)C1CC1. The van der Waals surface area contributed by atoms with E-state index >= 15 is 0 Å². The van der Waals surface area contributed by atoms with Gasteiger partial charge in [-0.05, 0) is 65.5 Å². The van der Waals surface area contributed by atoms with Crippen LogP contribution in [0.15, 0.2) is 34.8 Å². The molecule has 176 valence electrons. The maximum atomic E-state index is 13.0. The van der Waals surface area contributed by atoms with Gasteiger partial charge in [-0.15, -0.1) is 8.78 Å². The Bertz CT molecular complexity index is 1060. The minimum atomic E-state index is -3.84. The minimum Gasteiger partial charge on any atom is -0.420 e. The standard InChI is InChI=1S/C21H20BrClF2N4O4/c22-16-9-15(20(32)26-12-3-5-14(6-4-12)33-21(23,24)25)17(28-19(31)11-1-2-11)27-18(16)29-8-7-13(30)10-29/h3-6,9,11,13,30H,1-2,7-8,10H2,(H,26,32)(H,27,28,31)/t13-/m1/s1. The summed E-state index contributed by atoms with van der Waals surface area (Å²) in [5.74, 6) is -0.431. The molecule has 2 aromatic rings. The van der Waals surface area contributed by atoms with Gasteiger partial charge in [0.25, 0.3) is 5.91 Å². The molecule has 0 unspecified atom stereocenters. The average Bonchev–Trinajstić information content (AvgIpc) is 3.50. The molecule has 1 saturated carbocycles. The first-order valence-corrected chi connectivity index (χ1v) is 11.4. The smallest absolute Gasteiger partial charge is 0.420 e. The predicted octanol–water partition coefficient (Wildman–Crippen LogP) is 4.18. The fourth-order valence-corrected chi connectivity index (χ4v) is 4.06. The molecule has 2 heterocycles. The first kappa shape index (κ1) is 23.7. The monoisotopic (exact) mass is 544 g/mol. The van der Waals surface area contributed by atoms with E-state index in [2.05, 4.69) is 36.3 Å². The van der Waals surface area contributed by atoms with E-state index in [9.17, 15) is 23.5 Å². The van der Waals surface area contributed by atoms with Crippen LogP contribution < -0.4 is 20.3 Å². The highest BCUT2D eigenvalue weighted by Crippen LogP contribution is 2.34. The van der Waals surface area contributed by atoms with Crippen molar-refractivity contribution < 1.29 is 28.2 Å². The topological polar surface area (TPSA) is 104 Å². The minimum absolute atomic E-state index is 0.101. The zero-order valence-corrected chi connectivity index (χ0v) is 19.5. The number of pyridine rings is 1. The van der Waals surface area contributed by atoms with Gasteiger partial charge in [0.1, 0.15) is 17.4 Å². The number of hydrogen-bond donors (Lipinski definition) is 3. The van der Waals surface area contributed by atoms with Crippen LogP contribution in [0.4, 0.5) is 26.1 Å². The van der Waals surface area contributed by atoms with Crippen molar-refractivity contribution in [3.05, 3.63) is 40.4 Å². The number of carbonyl (C=O) groups excluding carboxylic acids is 2. The number of nitrogens with one attached hydrogen (secondary N) is 2. The van der Waals surface area contributed by atoms with Crippen molar-refractivity contribution in [2.75, 3.05) is 28.6 Å². The lowest BCUT2D eigenvalue weighted by Crippen LogP contribution is -2.25. The highest BCUT2D eigenvalue weighted by atomic mass is 79.9. The van der Waals surface area contributed by atoms with Crippen molar-refractivity contribution in [2.24, 2.45) is 5.92 Å². The molecule has 2 aliphatic rings. The molecule has 1 aliphatic heterocycles. The molecule has 8 nitrogen and oxygen atoms in total. The van der Waals surface area contributed by atoms with Crippen LogP contribution in [0.5, 0.6) is 5.75 Å². The number of rotatable bonds is 7. The second kappa shape index (κ2) is 9.40. The molecule has 12 heteroatoms. The number of nitrogens with zero attached hydrogens (tertiary/aromatic N) is 2. The van der Waals surface area contributed by atoms with Gasteiger partial charge in [0.15, 0.2) is 0 Å². The van der Waals surface area contributed by atoms with Crippen LogP contribution >= 0.6 is 27.5 Å². The fraction of sp³-hybridized carbons (Fsp3) is 0.381. The number of aliphatic hydroxyl groups excluding tert-OH is 1. The van der Waals surface area contributed by atoms with E-state index in [0.717, 1.165) is 12.8 Å². The van der Waals surface area contributed by atoms with Gasteiger partial charge in [0.05, 0.1) is 16.1 Å². The lowest BCUT2D eigenvalue weighted by molar-refractivity contribution is -0.117. The van der Waals surface area contributed by atoms with Gasteiger partial charge >= 0.3 is 5.57 Å². The predicted molar refractivity (Wildman–Crippen MR) is 122 cm³/mol. The summed E-state index contributed by atoms with van der Waals surface area (Å²) in [4.78, 5) is 31.8. The summed E-state index contributed by atoms with van der Waals surface area (Å²) in [6.07, 6.45) is 1.68. The zero-order chi connectivity index (χ0) is 23.8. The maximum absolute atomic E-state index is 13.0. The lowest BCUT2D eigenvalue weighted by Gasteiger charge is -2.21. The molecule has 1 aromatic carbocycles. The number of ether oxygens (including phenoxy) is 1. The Morgan fingerprint density at radius 3 is 2.48 bits per heavy atom. The largest absolute Gasteiger partial charge is 0.487 e. The van der Waals surface area contributed by atoms with Crippen LogP contribution in [0, 0.1) is 5.92 Å². The molecule has 2 amide bonds. The van der Waals surface area contributed by atoms with E-state index < -0.39 is 17.6 Å². The number of amides is 2. The van der Waals surface area contributed by atoms with E-state index in [1.54, 1.807) is 6.07 Å². The first-order chi connectivity index (χ1) is 15.6. The van der Waals surface area contributed by atoms with E-state index in [0.29, 0.717) is 35.5 Å². The van der Waals surface area contributed by atoms with Gasteiger partial charge in [0, 0.05) is 36.3 Å². The maximum Gasteiger partial charge on any atom is 0.487 e. The van der Waals surface area contributed by atoms with Crippen molar-refractivity contribution in [2.45, 2.75) is 30.9 Å². The fourth-order valence-electron chi connectivity index (χ4n) is 3.41. The number of alkyl halides is 3. The average molecular weight is 546 g/mol. The number of benzene rings is 1. The van der Waals surface area contributed by atoms with E-state index in [1.165, 1.54) is 24.3 Å². The second-order valence-electron chi connectivity index (χ2n) is 7.87. The van der Waals surface area contributed by atoms with Crippen molar-refractivity contribution in [1.82, 2.24) is 4.98 Å². The Labute approximate surface area is 201 Å². The second-order valence-corrected chi connectivity index (χ2v) is 9.16. The molecule has 33 heavy (non-hydrogen) atoms. The Morgan fingerprint density at radius 2 is 1.91 bits per heavy atom. The molecular formula is C21H20BrClF2N4O4. The Hall–Kier alpha value is -2.50. The summed E-state index contributed by atoms with van der Waals surface area (Å²) in [7, 11) is 0. The molecule has 1 atom stereocenters. The number of halogens is 4. The normalized spacial score (nSPS) is 18.2. The van der Waals surface area contributed by atoms with Gasteiger partial charge in [-0.2, -0.15) is 0 Å². The zero-order valence-electron chi connectivity index (χ0n) is 17.2. The molecule has 1 aliphatic carbocycles. The summed E-state index contributed by atoms with van der Waals surface area (Å²) in [5, 5.41) is 15.2. The van der Waals surface area contributed by atoms with Gasteiger partial charge in [0.2, 0.25) is 5.91 Å². The first-order valence-electron chi connectivity index (χ1n) is 10.2. The number of hydrogen-bond acceptors (Lipinski definition) is 6. The van der Waals surface area contributed by atoms with Crippen LogP contribution in [-0.2, 0) is 4.79 Å². The van der Waals surface area contributed by atoms with Crippen molar-refractivity contribution in [1.29, 1.82) is 0 Å². The highest BCUT2D eigenvalue weighted by molar-refractivity contribution is 9.10. The van der Waals surface area contributed by atoms with E-state index in [-0.39, 0.29) is 29.0 Å². The van der Waals surface area contributed by atoms with Crippen LogP contribution in [-0.4, -0.2) is 46.7 Å². The number of carbonyl (C=O) groups is 2. The van der Waals surface area contributed by atoms with Gasteiger partial charge in [-0.1, -0.05) is 0 Å². The van der Waals surface area contributed by atoms with Gasteiger partial charge < -0.3 is 25.4 Å². The van der Waals surface area contributed by atoms with E-state index in [1.807, 2.05) is 4.90 Å². The van der Waals surface area contributed by atoms with Gasteiger partial charge in [-0.3, -0.25) is 9.59 Å². The molecule has 4 rings (SSSR count). The van der Waals surface area contributed by atoms with Crippen molar-refractivity contribution in [3.63, 3.8) is 0 Å². The lowest BCUT2D eigenvalue weighted by atomic mass is 10.2. The Kier molecular flexibility index (Phi) is 6.73. The summed E-state index contributed by atoms with van der Waals surface area (Å²) in [6, 6.07) is 6.77. The molecule has 0 radical (unpaired) electrons. The molecule has 0 spiro atoms. The molecule has 3 N–H and O–H groups in total. The van der Waals surface area contributed by atoms with Crippen LogP contribution in [0.25, 0.3) is 0 Å². The third kappa shape index (κ3) is 6.10. The Balaban J connectivity index is 1.57. The van der Waals surface area contributed by atoms with Crippen LogP contribution in [0.1, 0.15) is 29.6 Å². The summed E-state index contributed by atoms with van der Waals surface area (Å²) in [6.45, 7) is 0.979. The summed E-state index contributed by atoms with van der Waals surface area (Å²) >= 11 is 8.18. The molecule has 2 fully saturated rings. The number of aromatic nitrogens is 1. The number of anilines is 3. The third-order valence-corrected chi connectivity index (χ3v) is 5.86. The van der Waals surface area contributed by atoms with Crippen LogP contribution in [0.2, 0.25) is 0 Å². The molecule has 1 saturated heterocycles. The number of aliphatic hydroxyl groups is 1. The van der Waals surface area contributed by atoms with Crippen molar-refractivity contribution in [3.8, 4) is 5.75 Å². The number of β-amino-alcohol motifs (C(OH)–C–C–N with tert-alkyl or cyclic N) is 1. The molecule has 1 aromatic heterocycles. The van der Waals surface area contributed by atoms with E-state index in [4.69, 9.17) is 11.6 Å². The Morgan fingerprint density at radius 1 is 1.21 bits per heavy atom. The van der Waals surface area contributed by atoms with Gasteiger partial charge in [-0.25, -0.2) is 4.98 Å². The summed E-state index contributed by atoms with van der Waals surface area (Å²) in [5.41, 5.74) is -3.41. The quantitative estimate of drug-likeness (QED) is 0.451. The summed E-state index contributed by atoms with van der Waals surface area (Å²) < 4.78 is 30.3. The highest BCUT2D eigenvalue weighted by Gasteiger charge is 2.32. The molecule has 0 bridgehead atoms. The van der Waals surface area contributed by atoms with Crippen LogP contribution in [0.3, 0.4) is 0 Å². The third-order valence-electron chi connectivity index (χ3n) is 5.20. The van der Waals surface area contributed by atoms with Crippen molar-refractivity contribution >= 4 is 56.7 Å². The molecular weight excluding hydrogens is 526 g/mol.